The van der Waals surface area contributed by atoms with Crippen LogP contribution in [0.5, 0.6) is 0 Å². The van der Waals surface area contributed by atoms with E-state index in [2.05, 4.69) is 4.98 Å². The van der Waals surface area contributed by atoms with E-state index in [0.29, 0.717) is 5.39 Å². The fraction of sp³-hybridized carbons (Fsp3) is 0.182. The third-order valence-electron chi connectivity index (χ3n) is 2.04. The first kappa shape index (κ1) is 14.0. The highest BCUT2D eigenvalue weighted by Gasteiger charge is 2.17. The minimum absolute atomic E-state index is 0.0338. The van der Waals surface area contributed by atoms with Crippen LogP contribution in [0.3, 0.4) is 0 Å². The Morgan fingerprint density at radius 1 is 1.50 bits per heavy atom. The average molecular weight is 271 g/mol. The average Bonchev–Trinajstić information content (AvgIpc) is 2.56. The zero-order valence-electron chi connectivity index (χ0n) is 9.73. The number of hydrogen-bond donors (Lipinski definition) is 2. The molecule has 2 rings (SSSR count). The Hall–Kier alpha value is -2.08. The summed E-state index contributed by atoms with van der Waals surface area (Å²) >= 11 is 5.75. The highest BCUT2D eigenvalue weighted by atomic mass is 35.5. The molecule has 2 aromatic rings. The van der Waals surface area contributed by atoms with Crippen molar-refractivity contribution in [3.05, 3.63) is 39.0 Å². The van der Waals surface area contributed by atoms with Gasteiger partial charge in [-0.25, -0.2) is 0 Å². The van der Waals surface area contributed by atoms with Gasteiger partial charge in [0.05, 0.1) is 15.8 Å². The lowest BCUT2D eigenvalue weighted by Gasteiger charge is -1.95. The Bertz CT molecular complexity index is 602. The van der Waals surface area contributed by atoms with Crippen LogP contribution in [0.1, 0.15) is 12.6 Å². The molecule has 7 heteroatoms. The molecule has 0 amide bonds. The van der Waals surface area contributed by atoms with E-state index in [1.165, 1.54) is 6.07 Å². The number of benzene rings is 1. The van der Waals surface area contributed by atoms with E-state index in [4.69, 9.17) is 21.5 Å². The van der Waals surface area contributed by atoms with Crippen molar-refractivity contribution in [3.63, 3.8) is 0 Å². The number of carbonyl (C=O) groups is 1. The molecule has 0 saturated carbocycles. The second kappa shape index (κ2) is 5.50. The predicted octanol–water partition coefficient (Wildman–Crippen LogP) is 3.13. The Balaban J connectivity index is 0.000000357. The van der Waals surface area contributed by atoms with E-state index in [1.807, 2.05) is 6.92 Å². The molecule has 0 spiro atoms. The molecule has 96 valence electrons. The van der Waals surface area contributed by atoms with Crippen LogP contribution < -0.4 is 0 Å². The number of aryl methyl sites for hydroxylation is 1. The number of nitrogens with zero attached hydrogens (tertiary/aromatic N) is 1. The van der Waals surface area contributed by atoms with Crippen molar-refractivity contribution >= 4 is 34.2 Å². The van der Waals surface area contributed by atoms with E-state index in [9.17, 15) is 10.1 Å². The van der Waals surface area contributed by atoms with Gasteiger partial charge >= 0.3 is 0 Å². The summed E-state index contributed by atoms with van der Waals surface area (Å²) < 4.78 is 0. The molecule has 0 saturated heterocycles. The number of carboxylic acid groups (broad SMARTS) is 1. The highest BCUT2D eigenvalue weighted by Crippen LogP contribution is 2.33. The number of nitro groups is 1. The number of nitro benzene ring substituents is 1. The highest BCUT2D eigenvalue weighted by molar-refractivity contribution is 6.34. The largest absolute Gasteiger partial charge is 0.481 e. The van der Waals surface area contributed by atoms with E-state index < -0.39 is 10.9 Å². The second-order valence-electron chi connectivity index (χ2n) is 3.59. The second-order valence-corrected chi connectivity index (χ2v) is 3.99. The first-order valence-electron chi connectivity index (χ1n) is 4.94. The van der Waals surface area contributed by atoms with Gasteiger partial charge in [0.25, 0.3) is 11.7 Å². The molecule has 0 atom stereocenters. The number of carboxylic acids is 1. The van der Waals surface area contributed by atoms with Crippen LogP contribution in [-0.4, -0.2) is 21.0 Å². The number of aromatic nitrogens is 1. The van der Waals surface area contributed by atoms with Crippen LogP contribution in [0.2, 0.25) is 5.02 Å². The quantitative estimate of drug-likeness (QED) is 0.614. The minimum atomic E-state index is -0.833. The maximum Gasteiger partial charge on any atom is 0.300 e. The van der Waals surface area contributed by atoms with Crippen LogP contribution in [0, 0.1) is 17.0 Å². The van der Waals surface area contributed by atoms with Crippen LogP contribution in [0.15, 0.2) is 18.2 Å². The van der Waals surface area contributed by atoms with Crippen LogP contribution in [0.4, 0.5) is 5.69 Å². The summed E-state index contributed by atoms with van der Waals surface area (Å²) in [5, 5.41) is 18.9. The zero-order valence-corrected chi connectivity index (χ0v) is 10.5. The van der Waals surface area contributed by atoms with Crippen molar-refractivity contribution in [2.75, 3.05) is 0 Å². The fourth-order valence-corrected chi connectivity index (χ4v) is 1.72. The molecule has 0 aliphatic rings. The Kier molecular flexibility index (Phi) is 4.28. The summed E-state index contributed by atoms with van der Waals surface area (Å²) in [5.74, 6) is -0.833. The molecular weight excluding hydrogens is 260 g/mol. The van der Waals surface area contributed by atoms with Gasteiger partial charge in [-0.1, -0.05) is 11.6 Å². The summed E-state index contributed by atoms with van der Waals surface area (Å²) in [4.78, 5) is 22.3. The Labute approximate surface area is 107 Å². The SMILES string of the molecule is CC(=O)O.Cc1cc2c([N+](=O)[O-])c(Cl)ccc2[nH]1. The summed E-state index contributed by atoms with van der Waals surface area (Å²) in [6.07, 6.45) is 0. The lowest BCUT2D eigenvalue weighted by Crippen LogP contribution is -1.89. The maximum atomic E-state index is 10.8. The van der Waals surface area contributed by atoms with Gasteiger partial charge in [0.15, 0.2) is 0 Å². The topological polar surface area (TPSA) is 96.2 Å². The molecule has 6 nitrogen and oxygen atoms in total. The number of aliphatic carboxylic acids is 1. The van der Waals surface area contributed by atoms with Gasteiger partial charge in [-0.05, 0) is 25.1 Å². The van der Waals surface area contributed by atoms with Gasteiger partial charge in [0.1, 0.15) is 5.02 Å². The van der Waals surface area contributed by atoms with Crippen molar-refractivity contribution in [1.29, 1.82) is 0 Å². The van der Waals surface area contributed by atoms with E-state index in [0.717, 1.165) is 18.1 Å². The van der Waals surface area contributed by atoms with Crippen LogP contribution in [-0.2, 0) is 4.79 Å². The van der Waals surface area contributed by atoms with Crippen molar-refractivity contribution in [1.82, 2.24) is 4.98 Å². The number of H-pyrrole nitrogens is 1. The van der Waals surface area contributed by atoms with E-state index >= 15 is 0 Å². The summed E-state index contributed by atoms with van der Waals surface area (Å²) in [7, 11) is 0. The molecule has 1 aromatic heterocycles. The monoisotopic (exact) mass is 270 g/mol. The van der Waals surface area contributed by atoms with Gasteiger partial charge in [0.2, 0.25) is 0 Å². The van der Waals surface area contributed by atoms with Crippen molar-refractivity contribution in [3.8, 4) is 0 Å². The smallest absolute Gasteiger partial charge is 0.300 e. The summed E-state index contributed by atoms with van der Waals surface area (Å²) in [6, 6.07) is 4.98. The zero-order chi connectivity index (χ0) is 13.9. The third kappa shape index (κ3) is 3.21. The van der Waals surface area contributed by atoms with Gasteiger partial charge in [-0.2, -0.15) is 0 Å². The van der Waals surface area contributed by atoms with Gasteiger partial charge in [-0.3, -0.25) is 14.9 Å². The van der Waals surface area contributed by atoms with Gasteiger partial charge in [0, 0.05) is 12.6 Å². The number of aromatic amines is 1. The van der Waals surface area contributed by atoms with Crippen molar-refractivity contribution in [2.45, 2.75) is 13.8 Å². The molecule has 1 heterocycles. The standard InChI is InChI=1S/C9H7ClN2O2.C2H4O2/c1-5-4-6-8(11-5)3-2-7(10)9(6)12(13)14;1-2(3)4/h2-4,11H,1H3;1H3,(H,3,4). The Morgan fingerprint density at radius 3 is 2.56 bits per heavy atom. The molecular formula is C11H11ClN2O4. The molecule has 1 aromatic carbocycles. The summed E-state index contributed by atoms with van der Waals surface area (Å²) in [5.41, 5.74) is 1.58. The molecule has 18 heavy (non-hydrogen) atoms. The van der Waals surface area contributed by atoms with E-state index in [-0.39, 0.29) is 10.7 Å². The maximum absolute atomic E-state index is 10.8. The molecule has 0 aliphatic carbocycles. The van der Waals surface area contributed by atoms with Crippen LogP contribution >= 0.6 is 11.6 Å². The molecule has 0 radical (unpaired) electrons. The van der Waals surface area contributed by atoms with Crippen molar-refractivity contribution in [2.24, 2.45) is 0 Å². The minimum Gasteiger partial charge on any atom is -0.481 e. The number of nitrogens with one attached hydrogen (secondary N) is 1. The molecule has 0 bridgehead atoms. The summed E-state index contributed by atoms with van der Waals surface area (Å²) in [6.45, 7) is 2.93. The number of fused-ring (bicyclic) bond motifs is 1. The molecule has 0 aliphatic heterocycles. The van der Waals surface area contributed by atoms with Gasteiger partial charge < -0.3 is 10.1 Å². The van der Waals surface area contributed by atoms with E-state index in [1.54, 1.807) is 12.1 Å². The fourth-order valence-electron chi connectivity index (χ4n) is 1.49. The first-order chi connectivity index (χ1) is 8.32. The van der Waals surface area contributed by atoms with Crippen molar-refractivity contribution < 1.29 is 14.8 Å². The van der Waals surface area contributed by atoms with Crippen LogP contribution in [0.25, 0.3) is 10.9 Å². The predicted molar refractivity (Wildman–Crippen MR) is 68.0 cm³/mol. The third-order valence-corrected chi connectivity index (χ3v) is 2.35. The first-order valence-corrected chi connectivity index (χ1v) is 5.32. The number of rotatable bonds is 1. The number of hydrogen-bond acceptors (Lipinski definition) is 3. The Morgan fingerprint density at radius 2 is 2.06 bits per heavy atom. The molecule has 0 fully saturated rings. The molecule has 2 N–H and O–H groups in total. The number of halogens is 1. The normalized spacial score (nSPS) is 9.72. The lowest BCUT2D eigenvalue weighted by atomic mass is 10.2. The lowest BCUT2D eigenvalue weighted by molar-refractivity contribution is -0.382. The molecule has 0 unspecified atom stereocenters. The van der Waals surface area contributed by atoms with Gasteiger partial charge in [-0.15, -0.1) is 0 Å².